The molecule has 1 rings (SSSR count). The lowest BCUT2D eigenvalue weighted by atomic mass is 10.0. The van der Waals surface area contributed by atoms with Gasteiger partial charge in [-0.1, -0.05) is 115 Å². The van der Waals surface area contributed by atoms with Crippen LogP contribution in [0.4, 0.5) is 0 Å². The summed E-state index contributed by atoms with van der Waals surface area (Å²) in [4.78, 5) is 0. The van der Waals surface area contributed by atoms with Gasteiger partial charge in [-0.15, -0.1) is 0 Å². The Morgan fingerprint density at radius 2 is 1.00 bits per heavy atom. The summed E-state index contributed by atoms with van der Waals surface area (Å²) in [5, 5.41) is 0. The first-order chi connectivity index (χ1) is 13.6. The molecule has 0 bridgehead atoms. The van der Waals surface area contributed by atoms with Crippen molar-refractivity contribution in [3.63, 3.8) is 0 Å². The van der Waals surface area contributed by atoms with Gasteiger partial charge in [0, 0.05) is 5.56 Å². The van der Waals surface area contributed by atoms with Crippen LogP contribution in [0.3, 0.4) is 0 Å². The Morgan fingerprint density at radius 3 is 1.46 bits per heavy atom. The van der Waals surface area contributed by atoms with E-state index in [4.69, 9.17) is 0 Å². The van der Waals surface area contributed by atoms with Crippen molar-refractivity contribution in [1.82, 2.24) is 0 Å². The van der Waals surface area contributed by atoms with Crippen molar-refractivity contribution in [2.24, 2.45) is 0 Å². The molecule has 28 heavy (non-hydrogen) atoms. The molecule has 0 fully saturated rings. The van der Waals surface area contributed by atoms with Crippen LogP contribution in [0.25, 0.3) is 0 Å². The Labute approximate surface area is 177 Å². The highest BCUT2D eigenvalue weighted by Crippen LogP contribution is 2.17. The number of hydrogen-bond acceptors (Lipinski definition) is 0. The quantitative estimate of drug-likeness (QED) is 0.175. The van der Waals surface area contributed by atoms with Crippen molar-refractivity contribution >= 4 is 0 Å². The monoisotopic (exact) mass is 388 g/mol. The zero-order valence-electron chi connectivity index (χ0n) is 19.8. The van der Waals surface area contributed by atoms with Gasteiger partial charge in [0.1, 0.15) is 6.54 Å². The van der Waals surface area contributed by atoms with Gasteiger partial charge in [-0.3, -0.25) is 0 Å². The number of hydrogen-bond donors (Lipinski definition) is 0. The molecule has 162 valence electrons. The maximum absolute atomic E-state index is 2.40. The maximum atomic E-state index is 2.40. The normalized spacial score (nSPS) is 11.9. The summed E-state index contributed by atoms with van der Waals surface area (Å²) in [5.41, 5.74) is 3.06. The molecule has 1 nitrogen and oxygen atoms in total. The Bertz CT molecular complexity index is 477. The number of aryl methyl sites for hydroxylation is 1. The van der Waals surface area contributed by atoms with E-state index in [1.807, 2.05) is 0 Å². The third-order valence-corrected chi connectivity index (χ3v) is 6.21. The molecule has 0 unspecified atom stereocenters. The highest BCUT2D eigenvalue weighted by atomic mass is 15.3. The van der Waals surface area contributed by atoms with Gasteiger partial charge < -0.3 is 4.48 Å². The molecule has 0 aliphatic heterocycles. The molecule has 0 amide bonds. The zero-order chi connectivity index (χ0) is 20.5. The number of quaternary nitrogens is 1. The second-order valence-corrected chi connectivity index (χ2v) is 9.54. The lowest BCUT2D eigenvalue weighted by Crippen LogP contribution is -2.39. The molecule has 1 aromatic carbocycles. The van der Waals surface area contributed by atoms with Gasteiger partial charge in [0.25, 0.3) is 0 Å². The van der Waals surface area contributed by atoms with Crippen LogP contribution in [0.15, 0.2) is 24.3 Å². The van der Waals surface area contributed by atoms with Crippen LogP contribution in [0.1, 0.15) is 115 Å². The topological polar surface area (TPSA) is 0 Å². The Kier molecular flexibility index (Phi) is 14.4. The van der Waals surface area contributed by atoms with Gasteiger partial charge in [0.15, 0.2) is 0 Å². The minimum Gasteiger partial charge on any atom is -0.325 e. The molecule has 0 spiro atoms. The molecule has 0 atom stereocenters. The number of nitrogens with zero attached hydrogens (tertiary/aromatic N) is 1. The minimum absolute atomic E-state index is 1.12. The summed E-state index contributed by atoms with van der Waals surface area (Å²) in [5.74, 6) is 0. The molecule has 0 radical (unpaired) electrons. The van der Waals surface area contributed by atoms with Crippen LogP contribution in [0.5, 0.6) is 0 Å². The predicted octanol–water partition coefficient (Wildman–Crippen LogP) is 8.31. The second-order valence-electron chi connectivity index (χ2n) is 9.54. The fraction of sp³-hybridized carbons (Fsp3) is 0.778. The van der Waals surface area contributed by atoms with E-state index in [2.05, 4.69) is 52.2 Å². The molecule has 0 aromatic heterocycles. The molecule has 0 N–H and O–H groups in total. The third kappa shape index (κ3) is 12.6. The Morgan fingerprint density at radius 1 is 0.571 bits per heavy atom. The second kappa shape index (κ2) is 16.0. The van der Waals surface area contributed by atoms with Crippen LogP contribution in [-0.2, 0) is 13.0 Å². The molecule has 0 saturated heterocycles. The van der Waals surface area contributed by atoms with Crippen molar-refractivity contribution in [3.05, 3.63) is 35.4 Å². The van der Waals surface area contributed by atoms with Gasteiger partial charge in [-0.05, 0) is 24.8 Å². The minimum atomic E-state index is 1.12. The number of unbranched alkanes of at least 4 members (excludes halogenated alkanes) is 13. The molecule has 1 heteroatoms. The first-order valence-corrected chi connectivity index (χ1v) is 12.5. The molecule has 1 aromatic rings. The highest BCUT2D eigenvalue weighted by molar-refractivity contribution is 5.26. The van der Waals surface area contributed by atoms with Gasteiger partial charge in [-0.25, -0.2) is 0 Å². The number of benzene rings is 1. The lowest BCUT2D eigenvalue weighted by Gasteiger charge is -2.30. The van der Waals surface area contributed by atoms with Crippen molar-refractivity contribution in [2.45, 2.75) is 117 Å². The summed E-state index contributed by atoms with van der Waals surface area (Å²) < 4.78 is 1.12. The van der Waals surface area contributed by atoms with E-state index in [9.17, 15) is 0 Å². The Hall–Kier alpha value is -0.820. The smallest absolute Gasteiger partial charge is 0.104 e. The van der Waals surface area contributed by atoms with Crippen molar-refractivity contribution < 1.29 is 4.48 Å². The van der Waals surface area contributed by atoms with Crippen molar-refractivity contribution in [3.8, 4) is 0 Å². The molecule has 0 aliphatic rings. The average molecular weight is 389 g/mol. The maximum Gasteiger partial charge on any atom is 0.104 e. The molecule has 0 saturated carbocycles. The van der Waals surface area contributed by atoms with Crippen LogP contribution in [-0.4, -0.2) is 25.1 Å². The number of rotatable bonds is 18. The first kappa shape index (κ1) is 25.2. The van der Waals surface area contributed by atoms with Gasteiger partial charge in [0.05, 0.1) is 20.6 Å². The summed E-state index contributed by atoms with van der Waals surface area (Å²) in [6.07, 6.45) is 21.3. The lowest BCUT2D eigenvalue weighted by molar-refractivity contribution is -0.903. The fourth-order valence-electron chi connectivity index (χ4n) is 4.33. The van der Waals surface area contributed by atoms with Crippen molar-refractivity contribution in [2.75, 3.05) is 20.6 Å². The van der Waals surface area contributed by atoms with E-state index in [1.54, 1.807) is 5.56 Å². The van der Waals surface area contributed by atoms with Gasteiger partial charge in [0.2, 0.25) is 0 Å². The van der Waals surface area contributed by atoms with E-state index in [-0.39, 0.29) is 0 Å². The van der Waals surface area contributed by atoms with Crippen molar-refractivity contribution in [1.29, 1.82) is 0 Å². The van der Waals surface area contributed by atoms with E-state index in [0.29, 0.717) is 0 Å². The summed E-state index contributed by atoms with van der Waals surface area (Å²) in [7, 11) is 4.80. The molecular weight excluding hydrogens is 338 g/mol. The summed E-state index contributed by atoms with van der Waals surface area (Å²) in [6.45, 7) is 7.04. The Balaban J connectivity index is 1.97. The largest absolute Gasteiger partial charge is 0.325 e. The van der Waals surface area contributed by atoms with Crippen LogP contribution < -0.4 is 0 Å². The molecule has 0 heterocycles. The van der Waals surface area contributed by atoms with Gasteiger partial charge in [-0.2, -0.15) is 0 Å². The van der Waals surface area contributed by atoms with Crippen LogP contribution >= 0.6 is 0 Å². The summed E-state index contributed by atoms with van der Waals surface area (Å²) in [6, 6.07) is 8.99. The first-order valence-electron chi connectivity index (χ1n) is 12.5. The average Bonchev–Trinajstić information content (AvgIpc) is 2.68. The molecule has 0 aliphatic carbocycles. The highest BCUT2D eigenvalue weighted by Gasteiger charge is 2.16. The van der Waals surface area contributed by atoms with Gasteiger partial charge >= 0.3 is 0 Å². The third-order valence-electron chi connectivity index (χ3n) is 6.21. The summed E-state index contributed by atoms with van der Waals surface area (Å²) >= 11 is 0. The predicted molar refractivity (Wildman–Crippen MR) is 127 cm³/mol. The standard InChI is InChI=1S/C27H50N/c1-5-7-8-9-10-11-12-13-14-15-16-17-18-21-24-28(3,4)25-27-23-20-19-22-26(27)6-2/h19-20,22-23H,5-18,21,24-25H2,1-4H3/q+1. The van der Waals surface area contributed by atoms with E-state index >= 15 is 0 Å². The van der Waals surface area contributed by atoms with Crippen LogP contribution in [0, 0.1) is 0 Å². The molecular formula is C27H50N+. The van der Waals surface area contributed by atoms with Crippen LogP contribution in [0.2, 0.25) is 0 Å². The van der Waals surface area contributed by atoms with E-state index in [0.717, 1.165) is 10.9 Å². The van der Waals surface area contributed by atoms with E-state index in [1.165, 1.54) is 109 Å². The van der Waals surface area contributed by atoms with E-state index < -0.39 is 0 Å². The SMILES string of the molecule is CCCCCCCCCCCCCCCC[N+](C)(C)Cc1ccccc1CC. The fourth-order valence-corrected chi connectivity index (χ4v) is 4.33. The zero-order valence-corrected chi connectivity index (χ0v) is 19.8.